The van der Waals surface area contributed by atoms with Crippen LogP contribution in [-0.2, 0) is 4.74 Å². The number of ether oxygens (including phenoxy) is 1. The number of hydrogen-bond donors (Lipinski definition) is 3. The predicted octanol–water partition coefficient (Wildman–Crippen LogP) is 3.07. The molecule has 0 aliphatic heterocycles. The van der Waals surface area contributed by atoms with Crippen molar-refractivity contribution in [2.45, 2.75) is 38.9 Å². The summed E-state index contributed by atoms with van der Waals surface area (Å²) >= 11 is 5.92. The standard InChI is InChI=1S/C14H21ClN2O3/c1-14(2,3)20-13(19)17-11-5-4-9(15)8-10(11)12(18)6-7-16/h4-5,8,12,18H,6-7,16H2,1-3H3,(H,17,19). The van der Waals surface area contributed by atoms with E-state index in [0.29, 0.717) is 29.2 Å². The van der Waals surface area contributed by atoms with Crippen LogP contribution in [0.15, 0.2) is 18.2 Å². The maximum atomic E-state index is 11.8. The van der Waals surface area contributed by atoms with Crippen LogP contribution in [0.4, 0.5) is 10.5 Å². The van der Waals surface area contributed by atoms with Crippen LogP contribution >= 0.6 is 11.6 Å². The molecule has 1 unspecified atom stereocenters. The molecular weight excluding hydrogens is 280 g/mol. The van der Waals surface area contributed by atoms with Crippen LogP contribution in [0.2, 0.25) is 5.02 Å². The number of nitrogens with two attached hydrogens (primary N) is 1. The van der Waals surface area contributed by atoms with Crippen LogP contribution in [0.5, 0.6) is 0 Å². The van der Waals surface area contributed by atoms with Crippen LogP contribution in [0.25, 0.3) is 0 Å². The summed E-state index contributed by atoms with van der Waals surface area (Å²) in [4.78, 5) is 11.8. The summed E-state index contributed by atoms with van der Waals surface area (Å²) in [5.74, 6) is 0. The molecule has 0 aliphatic rings. The summed E-state index contributed by atoms with van der Waals surface area (Å²) in [5, 5.41) is 13.1. The molecule has 0 fully saturated rings. The zero-order valence-electron chi connectivity index (χ0n) is 11.9. The van der Waals surface area contributed by atoms with Crippen LogP contribution in [0, 0.1) is 0 Å². The lowest BCUT2D eigenvalue weighted by molar-refractivity contribution is 0.0635. The summed E-state index contributed by atoms with van der Waals surface area (Å²) in [7, 11) is 0. The maximum absolute atomic E-state index is 11.8. The quantitative estimate of drug-likeness (QED) is 0.798. The van der Waals surface area contributed by atoms with Gasteiger partial charge in [0.25, 0.3) is 0 Å². The topological polar surface area (TPSA) is 84.6 Å². The van der Waals surface area contributed by atoms with Crippen molar-refractivity contribution < 1.29 is 14.6 Å². The molecule has 0 aliphatic carbocycles. The van der Waals surface area contributed by atoms with E-state index in [1.807, 2.05) is 0 Å². The van der Waals surface area contributed by atoms with Crippen molar-refractivity contribution in [3.63, 3.8) is 0 Å². The van der Waals surface area contributed by atoms with E-state index in [0.717, 1.165) is 0 Å². The number of carbonyl (C=O) groups excluding carboxylic acids is 1. The number of aliphatic hydroxyl groups is 1. The van der Waals surface area contributed by atoms with Crippen molar-refractivity contribution in [1.82, 2.24) is 0 Å². The Hall–Kier alpha value is -1.30. The van der Waals surface area contributed by atoms with E-state index >= 15 is 0 Å². The van der Waals surface area contributed by atoms with Gasteiger partial charge in [0.15, 0.2) is 0 Å². The zero-order valence-corrected chi connectivity index (χ0v) is 12.7. The largest absolute Gasteiger partial charge is 0.444 e. The summed E-state index contributed by atoms with van der Waals surface area (Å²) in [6, 6.07) is 4.86. The minimum absolute atomic E-state index is 0.333. The highest BCUT2D eigenvalue weighted by Gasteiger charge is 2.19. The smallest absolute Gasteiger partial charge is 0.412 e. The third kappa shape index (κ3) is 5.36. The van der Waals surface area contributed by atoms with Gasteiger partial charge in [0.2, 0.25) is 0 Å². The third-order valence-electron chi connectivity index (χ3n) is 2.45. The molecule has 0 bridgehead atoms. The average molecular weight is 301 g/mol. The highest BCUT2D eigenvalue weighted by atomic mass is 35.5. The highest BCUT2D eigenvalue weighted by Crippen LogP contribution is 2.28. The second-order valence-electron chi connectivity index (χ2n) is 5.45. The van der Waals surface area contributed by atoms with Gasteiger partial charge in [0.05, 0.1) is 6.10 Å². The van der Waals surface area contributed by atoms with E-state index in [9.17, 15) is 9.90 Å². The Labute approximate surface area is 124 Å². The van der Waals surface area contributed by atoms with E-state index < -0.39 is 17.8 Å². The molecule has 20 heavy (non-hydrogen) atoms. The normalized spacial score (nSPS) is 12.9. The summed E-state index contributed by atoms with van der Waals surface area (Å²) in [6.45, 7) is 5.66. The fourth-order valence-electron chi connectivity index (χ4n) is 1.65. The molecule has 4 N–H and O–H groups in total. The average Bonchev–Trinajstić information content (AvgIpc) is 2.29. The maximum Gasteiger partial charge on any atom is 0.412 e. The Kier molecular flexibility index (Phi) is 5.80. The van der Waals surface area contributed by atoms with Gasteiger partial charge in [-0.15, -0.1) is 0 Å². The number of anilines is 1. The minimum atomic E-state index is -0.788. The number of nitrogens with one attached hydrogen (secondary N) is 1. The van der Waals surface area contributed by atoms with Crippen molar-refractivity contribution in [3.8, 4) is 0 Å². The lowest BCUT2D eigenvalue weighted by atomic mass is 10.0. The SMILES string of the molecule is CC(C)(C)OC(=O)Nc1ccc(Cl)cc1C(O)CCN. The van der Waals surface area contributed by atoms with Gasteiger partial charge in [-0.1, -0.05) is 11.6 Å². The van der Waals surface area contributed by atoms with Crippen molar-refractivity contribution in [2.24, 2.45) is 5.73 Å². The van der Waals surface area contributed by atoms with Gasteiger partial charge in [-0.3, -0.25) is 5.32 Å². The number of amides is 1. The molecule has 6 heteroatoms. The van der Waals surface area contributed by atoms with E-state index in [1.165, 1.54) is 0 Å². The number of halogens is 1. The Bertz CT molecular complexity index is 472. The van der Waals surface area contributed by atoms with E-state index in [4.69, 9.17) is 22.1 Å². The molecular formula is C14H21ClN2O3. The van der Waals surface area contributed by atoms with Gasteiger partial charge in [0, 0.05) is 16.3 Å². The first-order valence-electron chi connectivity index (χ1n) is 6.40. The molecule has 0 aromatic heterocycles. The van der Waals surface area contributed by atoms with Gasteiger partial charge in [-0.2, -0.15) is 0 Å². The molecule has 0 saturated carbocycles. The van der Waals surface area contributed by atoms with Crippen molar-refractivity contribution in [2.75, 3.05) is 11.9 Å². The number of rotatable bonds is 4. The van der Waals surface area contributed by atoms with Gasteiger partial charge in [0.1, 0.15) is 5.60 Å². The zero-order chi connectivity index (χ0) is 15.3. The Balaban J connectivity index is 2.91. The monoisotopic (exact) mass is 300 g/mol. The second kappa shape index (κ2) is 6.92. The van der Waals surface area contributed by atoms with Crippen molar-refractivity contribution in [1.29, 1.82) is 0 Å². The van der Waals surface area contributed by atoms with Crippen LogP contribution in [0.3, 0.4) is 0 Å². The number of carbonyl (C=O) groups is 1. The molecule has 1 aromatic rings. The van der Waals surface area contributed by atoms with Crippen molar-refractivity contribution in [3.05, 3.63) is 28.8 Å². The first kappa shape index (κ1) is 16.8. The molecule has 112 valence electrons. The fourth-order valence-corrected chi connectivity index (χ4v) is 1.83. The van der Waals surface area contributed by atoms with Gasteiger partial charge < -0.3 is 15.6 Å². The molecule has 1 rings (SSSR count). The van der Waals surface area contributed by atoms with E-state index in [1.54, 1.807) is 39.0 Å². The second-order valence-corrected chi connectivity index (χ2v) is 5.89. The number of hydrogen-bond acceptors (Lipinski definition) is 4. The molecule has 0 heterocycles. The first-order valence-corrected chi connectivity index (χ1v) is 6.78. The number of aliphatic hydroxyl groups excluding tert-OH is 1. The van der Waals surface area contributed by atoms with Gasteiger partial charge in [-0.05, 0) is 51.9 Å². The molecule has 5 nitrogen and oxygen atoms in total. The van der Waals surface area contributed by atoms with Crippen molar-refractivity contribution >= 4 is 23.4 Å². The predicted molar refractivity (Wildman–Crippen MR) is 79.9 cm³/mol. The third-order valence-corrected chi connectivity index (χ3v) is 2.68. The summed E-state index contributed by atoms with van der Waals surface area (Å²) in [6.07, 6.45) is -0.992. The molecule has 0 spiro atoms. The number of benzene rings is 1. The molecule has 0 saturated heterocycles. The minimum Gasteiger partial charge on any atom is -0.444 e. The summed E-state index contributed by atoms with van der Waals surface area (Å²) in [5.41, 5.74) is 5.83. The van der Waals surface area contributed by atoms with Gasteiger partial charge >= 0.3 is 6.09 Å². The fraction of sp³-hybridized carbons (Fsp3) is 0.500. The Morgan fingerprint density at radius 2 is 2.15 bits per heavy atom. The molecule has 1 atom stereocenters. The molecule has 0 radical (unpaired) electrons. The first-order chi connectivity index (χ1) is 9.23. The van der Waals surface area contributed by atoms with Crippen LogP contribution < -0.4 is 11.1 Å². The molecule has 1 amide bonds. The lowest BCUT2D eigenvalue weighted by Crippen LogP contribution is -2.27. The Morgan fingerprint density at radius 3 is 2.70 bits per heavy atom. The van der Waals surface area contributed by atoms with Crippen LogP contribution in [0.1, 0.15) is 38.9 Å². The summed E-state index contributed by atoms with van der Waals surface area (Å²) < 4.78 is 5.18. The van der Waals surface area contributed by atoms with Crippen LogP contribution in [-0.4, -0.2) is 23.3 Å². The lowest BCUT2D eigenvalue weighted by Gasteiger charge is -2.21. The van der Waals surface area contributed by atoms with E-state index in [-0.39, 0.29) is 0 Å². The molecule has 1 aromatic carbocycles. The van der Waals surface area contributed by atoms with E-state index in [2.05, 4.69) is 5.32 Å². The highest BCUT2D eigenvalue weighted by molar-refractivity contribution is 6.30. The Morgan fingerprint density at radius 1 is 1.50 bits per heavy atom. The van der Waals surface area contributed by atoms with Gasteiger partial charge in [-0.25, -0.2) is 4.79 Å².